The minimum atomic E-state index is -0.217. The van der Waals surface area contributed by atoms with Crippen LogP contribution in [0.2, 0.25) is 0 Å². The van der Waals surface area contributed by atoms with Gasteiger partial charge in [0.2, 0.25) is 0 Å². The van der Waals surface area contributed by atoms with E-state index in [9.17, 15) is 4.57 Å². The smallest absolute Gasteiger partial charge is 0.327 e. The summed E-state index contributed by atoms with van der Waals surface area (Å²) in [6.07, 6.45) is 0. The molecule has 0 radical (unpaired) electrons. The summed E-state index contributed by atoms with van der Waals surface area (Å²) >= 11 is 0. The van der Waals surface area contributed by atoms with Gasteiger partial charge in [0.25, 0.3) is 0 Å². The first-order chi connectivity index (χ1) is 7.06. The van der Waals surface area contributed by atoms with Gasteiger partial charge in [-0.15, -0.1) is 0 Å². The summed E-state index contributed by atoms with van der Waals surface area (Å²) in [5.74, 6) is 0. The van der Waals surface area contributed by atoms with E-state index in [2.05, 4.69) is 25.7 Å². The van der Waals surface area contributed by atoms with Gasteiger partial charge in [-0.2, -0.15) is 0 Å². The van der Waals surface area contributed by atoms with Gasteiger partial charge in [0.05, 0.1) is 21.1 Å². The third kappa shape index (κ3) is 13.2. The Morgan fingerprint density at radius 2 is 1.40 bits per heavy atom. The van der Waals surface area contributed by atoms with Crippen LogP contribution in [0.4, 0.5) is 0 Å². The van der Waals surface area contributed by atoms with Gasteiger partial charge in [0.1, 0.15) is 13.2 Å². The van der Waals surface area contributed by atoms with Crippen LogP contribution in [-0.4, -0.2) is 38.8 Å². The molecule has 84 valence electrons. The molecule has 3 nitrogen and oxygen atoms in total. The first kappa shape index (κ1) is 14.2. The molecule has 0 aliphatic rings. The van der Waals surface area contributed by atoms with Crippen molar-refractivity contribution in [2.75, 3.05) is 34.3 Å². The van der Waals surface area contributed by atoms with E-state index < -0.39 is 0 Å². The molecule has 0 atom stereocenters. The number of rotatable bonds is 4. The van der Waals surface area contributed by atoms with Gasteiger partial charge in [0, 0.05) is 0 Å². The van der Waals surface area contributed by atoms with Crippen LogP contribution in [0, 0.1) is 0 Å². The average Bonchev–Trinajstić information content (AvgIpc) is 2.20. The number of quaternary nitrogens is 1. The van der Waals surface area contributed by atoms with Crippen molar-refractivity contribution in [3.63, 3.8) is 0 Å². The third-order valence-electron chi connectivity index (χ3n) is 1.57. The molecule has 0 unspecified atom stereocenters. The van der Waals surface area contributed by atoms with Crippen molar-refractivity contribution >= 4 is 8.69 Å². The molecule has 1 aromatic rings. The van der Waals surface area contributed by atoms with Gasteiger partial charge in [-0.05, 0) is 0 Å². The summed E-state index contributed by atoms with van der Waals surface area (Å²) in [6, 6.07) is 12.0. The van der Waals surface area contributed by atoms with Crippen molar-refractivity contribution in [2.24, 2.45) is 0 Å². The normalized spacial score (nSPS) is 10.6. The van der Waals surface area contributed by atoms with Crippen LogP contribution >= 0.6 is 8.69 Å². The van der Waals surface area contributed by atoms with Crippen molar-refractivity contribution in [1.82, 2.24) is 0 Å². The molecule has 15 heavy (non-hydrogen) atoms. The van der Waals surface area contributed by atoms with Crippen LogP contribution in [0.25, 0.3) is 0 Å². The Labute approximate surface area is 93.6 Å². The lowest BCUT2D eigenvalue weighted by Crippen LogP contribution is -2.37. The summed E-state index contributed by atoms with van der Waals surface area (Å²) in [5.41, 5.74) is 0. The highest BCUT2D eigenvalue weighted by Gasteiger charge is 2.04. The van der Waals surface area contributed by atoms with Gasteiger partial charge in [-0.1, -0.05) is 36.4 Å². The van der Waals surface area contributed by atoms with E-state index in [-0.39, 0.29) is 8.69 Å². The van der Waals surface area contributed by atoms with E-state index in [0.717, 1.165) is 11.0 Å². The molecule has 0 saturated heterocycles. The summed E-state index contributed by atoms with van der Waals surface area (Å²) in [4.78, 5) is 0. The summed E-state index contributed by atoms with van der Waals surface area (Å²) in [5, 5.41) is 0. The molecule has 0 saturated carbocycles. The highest BCUT2D eigenvalue weighted by molar-refractivity contribution is 7.17. The van der Waals surface area contributed by atoms with E-state index in [1.807, 2.05) is 36.4 Å². The fraction of sp³-hybridized carbons (Fsp3) is 0.455. The molecule has 0 aliphatic carbocycles. The Balaban J connectivity index is 0.000000280. The molecule has 0 aromatic heterocycles. The summed E-state index contributed by atoms with van der Waals surface area (Å²) in [6.45, 7) is 1.43. The van der Waals surface area contributed by atoms with Crippen LogP contribution in [0.1, 0.15) is 0 Å². The first-order valence-electron chi connectivity index (χ1n) is 4.81. The highest BCUT2D eigenvalue weighted by Crippen LogP contribution is 1.96. The van der Waals surface area contributed by atoms with Gasteiger partial charge < -0.3 is 4.48 Å². The molecule has 0 N–H and O–H groups in total. The quantitative estimate of drug-likeness (QED) is 0.450. The molecule has 0 aliphatic heterocycles. The molecule has 0 bridgehead atoms. The lowest BCUT2D eigenvalue weighted by molar-refractivity contribution is -0.870. The molecule has 0 fully saturated rings. The van der Waals surface area contributed by atoms with E-state index in [1.165, 1.54) is 0 Å². The highest BCUT2D eigenvalue weighted by atomic mass is 31.1. The van der Waals surface area contributed by atoms with Gasteiger partial charge in [-0.3, -0.25) is 4.52 Å². The Morgan fingerprint density at radius 3 is 1.67 bits per heavy atom. The van der Waals surface area contributed by atoms with E-state index >= 15 is 0 Å². The molecule has 0 amide bonds. The summed E-state index contributed by atoms with van der Waals surface area (Å²) < 4.78 is 15.2. The van der Waals surface area contributed by atoms with Crippen molar-refractivity contribution in [3.8, 4) is 0 Å². The number of hydrogen-bond donors (Lipinski definition) is 0. The molecule has 1 aromatic carbocycles. The lowest BCUT2D eigenvalue weighted by Gasteiger charge is -2.22. The Kier molecular flexibility index (Phi) is 8.11. The fourth-order valence-electron chi connectivity index (χ4n) is 0.737. The van der Waals surface area contributed by atoms with Crippen LogP contribution in [0.3, 0.4) is 0 Å². The summed E-state index contributed by atoms with van der Waals surface area (Å²) in [7, 11) is 5.96. The SMILES string of the molecule is C[N+](C)(C)CCOP=O.c1ccccc1. The zero-order valence-corrected chi connectivity index (χ0v) is 10.5. The maximum atomic E-state index is 9.76. The molecular weight excluding hydrogens is 209 g/mol. The maximum absolute atomic E-state index is 9.76. The molecular formula is C11H19NO2P+. The number of nitrogens with zero attached hydrogens (tertiary/aromatic N) is 1. The van der Waals surface area contributed by atoms with Crippen molar-refractivity contribution < 1.29 is 13.6 Å². The minimum Gasteiger partial charge on any atom is -0.329 e. The monoisotopic (exact) mass is 228 g/mol. The van der Waals surface area contributed by atoms with Crippen molar-refractivity contribution in [1.29, 1.82) is 0 Å². The predicted molar refractivity (Wildman–Crippen MR) is 62.9 cm³/mol. The topological polar surface area (TPSA) is 26.3 Å². The standard InChI is InChI=1S/C6H6.C5H13NO2P/c1-2-4-6-5-3-1;1-6(2,3)4-5-8-9-7/h1-6H;4-5H2,1-3H3/q;+1. The second-order valence-electron chi connectivity index (χ2n) is 4.08. The second kappa shape index (κ2) is 8.54. The number of likely N-dealkylation sites (N-methyl/N-ethyl adjacent to an activating group) is 1. The second-order valence-corrected chi connectivity index (χ2v) is 4.48. The maximum Gasteiger partial charge on any atom is 0.327 e. The molecule has 4 heteroatoms. The van der Waals surface area contributed by atoms with Crippen LogP contribution < -0.4 is 0 Å². The van der Waals surface area contributed by atoms with Crippen LogP contribution in [0.5, 0.6) is 0 Å². The lowest BCUT2D eigenvalue weighted by atomic mass is 10.4. The van der Waals surface area contributed by atoms with E-state index in [4.69, 9.17) is 0 Å². The zero-order valence-electron chi connectivity index (χ0n) is 9.59. The predicted octanol–water partition coefficient (Wildman–Crippen LogP) is 2.60. The van der Waals surface area contributed by atoms with Gasteiger partial charge in [-0.25, -0.2) is 4.57 Å². The number of hydrogen-bond acceptors (Lipinski definition) is 2. The average molecular weight is 228 g/mol. The molecule has 1 rings (SSSR count). The number of benzene rings is 1. The fourth-order valence-corrected chi connectivity index (χ4v) is 0.893. The molecule has 0 heterocycles. The van der Waals surface area contributed by atoms with E-state index in [1.54, 1.807) is 0 Å². The van der Waals surface area contributed by atoms with Gasteiger partial charge in [0.15, 0.2) is 0 Å². The Morgan fingerprint density at radius 1 is 1.00 bits per heavy atom. The zero-order chi connectivity index (χ0) is 11.6. The minimum absolute atomic E-state index is 0.217. The Bertz CT molecular complexity index is 220. The molecule has 0 spiro atoms. The van der Waals surface area contributed by atoms with Crippen molar-refractivity contribution in [2.45, 2.75) is 0 Å². The van der Waals surface area contributed by atoms with Crippen LogP contribution in [-0.2, 0) is 9.09 Å². The third-order valence-corrected chi connectivity index (χ3v) is 1.86. The van der Waals surface area contributed by atoms with Crippen LogP contribution in [0.15, 0.2) is 36.4 Å². The first-order valence-corrected chi connectivity index (χ1v) is 5.54. The largest absolute Gasteiger partial charge is 0.329 e. The van der Waals surface area contributed by atoms with E-state index in [0.29, 0.717) is 6.61 Å². The Hall–Kier alpha value is -0.760. The van der Waals surface area contributed by atoms with Crippen molar-refractivity contribution in [3.05, 3.63) is 36.4 Å². The van der Waals surface area contributed by atoms with Gasteiger partial charge >= 0.3 is 8.69 Å².